The van der Waals surface area contributed by atoms with Gasteiger partial charge in [0.15, 0.2) is 0 Å². The summed E-state index contributed by atoms with van der Waals surface area (Å²) in [7, 11) is 2.24. The van der Waals surface area contributed by atoms with Crippen LogP contribution in [0.4, 0.5) is 0 Å². The van der Waals surface area contributed by atoms with Crippen LogP contribution in [0, 0.1) is 10.8 Å². The van der Waals surface area contributed by atoms with Crippen LogP contribution in [0.2, 0.25) is 0 Å². The summed E-state index contributed by atoms with van der Waals surface area (Å²) < 4.78 is 0. The molecular weight excluding hydrogens is 196 g/mol. The molecule has 16 heavy (non-hydrogen) atoms. The minimum Gasteiger partial charge on any atom is -0.313 e. The molecule has 2 rings (SSSR count). The van der Waals surface area contributed by atoms with Gasteiger partial charge in [-0.1, -0.05) is 13.8 Å². The van der Waals surface area contributed by atoms with Gasteiger partial charge in [-0.15, -0.1) is 0 Å². The van der Waals surface area contributed by atoms with Gasteiger partial charge in [0.1, 0.15) is 0 Å². The number of hydrogen-bond acceptors (Lipinski definition) is 2. The fourth-order valence-electron chi connectivity index (χ4n) is 2.61. The van der Waals surface area contributed by atoms with Gasteiger partial charge in [0.2, 0.25) is 0 Å². The monoisotopic (exact) mass is 224 g/mol. The first-order chi connectivity index (χ1) is 7.44. The predicted molar refractivity (Wildman–Crippen MR) is 69.6 cm³/mol. The molecule has 0 amide bonds. The van der Waals surface area contributed by atoms with E-state index in [4.69, 9.17) is 0 Å². The number of hydrogen-bond donors (Lipinski definition) is 1. The van der Waals surface area contributed by atoms with Crippen molar-refractivity contribution in [3.8, 4) is 0 Å². The van der Waals surface area contributed by atoms with Crippen LogP contribution in [0.3, 0.4) is 0 Å². The fourth-order valence-corrected chi connectivity index (χ4v) is 2.61. The van der Waals surface area contributed by atoms with Gasteiger partial charge in [-0.05, 0) is 63.6 Å². The maximum absolute atomic E-state index is 3.79. The van der Waals surface area contributed by atoms with Crippen molar-refractivity contribution < 1.29 is 0 Å². The number of rotatable bonds is 4. The van der Waals surface area contributed by atoms with E-state index >= 15 is 0 Å². The van der Waals surface area contributed by atoms with Crippen LogP contribution in [0.25, 0.3) is 0 Å². The molecule has 0 radical (unpaired) electrons. The van der Waals surface area contributed by atoms with Crippen molar-refractivity contribution in [3.63, 3.8) is 0 Å². The molecule has 1 heterocycles. The van der Waals surface area contributed by atoms with Gasteiger partial charge in [-0.2, -0.15) is 0 Å². The highest BCUT2D eigenvalue weighted by atomic mass is 15.1. The molecule has 2 nitrogen and oxygen atoms in total. The molecule has 94 valence electrons. The van der Waals surface area contributed by atoms with Crippen molar-refractivity contribution in [3.05, 3.63) is 0 Å². The zero-order chi connectivity index (χ0) is 11.8. The summed E-state index contributed by atoms with van der Waals surface area (Å²) in [5, 5.41) is 3.79. The number of nitrogens with zero attached hydrogens (tertiary/aromatic N) is 1. The second kappa shape index (κ2) is 4.30. The Morgan fingerprint density at radius 3 is 2.19 bits per heavy atom. The molecule has 1 saturated heterocycles. The van der Waals surface area contributed by atoms with Crippen LogP contribution in [-0.2, 0) is 0 Å². The molecule has 1 atom stereocenters. The molecule has 1 aliphatic carbocycles. The summed E-state index contributed by atoms with van der Waals surface area (Å²) in [5.74, 6) is 0. The Balaban J connectivity index is 1.76. The van der Waals surface area contributed by atoms with Crippen molar-refractivity contribution in [2.45, 2.75) is 52.5 Å². The van der Waals surface area contributed by atoms with Crippen LogP contribution in [0.5, 0.6) is 0 Å². The molecule has 0 aromatic rings. The van der Waals surface area contributed by atoms with Crippen molar-refractivity contribution in [1.82, 2.24) is 10.2 Å². The van der Waals surface area contributed by atoms with E-state index in [0.29, 0.717) is 16.9 Å². The maximum atomic E-state index is 3.79. The quantitative estimate of drug-likeness (QED) is 0.789. The molecule has 0 spiro atoms. The van der Waals surface area contributed by atoms with Gasteiger partial charge in [-0.3, -0.25) is 0 Å². The highest BCUT2D eigenvalue weighted by Gasteiger charge is 2.42. The van der Waals surface area contributed by atoms with Crippen molar-refractivity contribution in [1.29, 1.82) is 0 Å². The molecule has 0 aromatic carbocycles. The number of nitrogens with one attached hydrogen (secondary N) is 1. The first kappa shape index (κ1) is 12.4. The molecule has 1 unspecified atom stereocenters. The van der Waals surface area contributed by atoms with E-state index in [0.717, 1.165) is 0 Å². The summed E-state index contributed by atoms with van der Waals surface area (Å²) in [5.41, 5.74) is 1.15. The second-order valence-electron chi connectivity index (χ2n) is 6.87. The van der Waals surface area contributed by atoms with Gasteiger partial charge in [0, 0.05) is 12.6 Å². The van der Waals surface area contributed by atoms with E-state index in [1.165, 1.54) is 45.3 Å². The molecule has 0 aromatic heterocycles. The molecular formula is C14H28N2. The predicted octanol–water partition coefficient (Wildman–Crippen LogP) is 2.50. The van der Waals surface area contributed by atoms with Crippen molar-refractivity contribution in [2.24, 2.45) is 10.8 Å². The Kier molecular flexibility index (Phi) is 3.33. The van der Waals surface area contributed by atoms with E-state index < -0.39 is 0 Å². The third-order valence-electron chi connectivity index (χ3n) is 5.11. The standard InChI is InChI=1S/C14H28N2/c1-12(14(3)5-6-14)15-11-13(2)7-9-16(4)10-8-13/h12,15H,5-11H2,1-4H3. The smallest absolute Gasteiger partial charge is 0.00927 e. The van der Waals surface area contributed by atoms with E-state index in [-0.39, 0.29) is 0 Å². The van der Waals surface area contributed by atoms with Crippen LogP contribution < -0.4 is 5.32 Å². The minimum atomic E-state index is 0.534. The van der Waals surface area contributed by atoms with E-state index in [1.54, 1.807) is 0 Å². The average Bonchev–Trinajstić information content (AvgIpc) is 3.00. The average molecular weight is 224 g/mol. The molecule has 0 bridgehead atoms. The van der Waals surface area contributed by atoms with Crippen molar-refractivity contribution in [2.75, 3.05) is 26.7 Å². The Labute approximate surface area is 101 Å². The zero-order valence-corrected chi connectivity index (χ0v) is 11.5. The molecule has 2 aliphatic rings. The lowest BCUT2D eigenvalue weighted by Gasteiger charge is -2.39. The van der Waals surface area contributed by atoms with Crippen LogP contribution in [0.15, 0.2) is 0 Å². The number of likely N-dealkylation sites (tertiary alicyclic amines) is 1. The van der Waals surface area contributed by atoms with Crippen molar-refractivity contribution >= 4 is 0 Å². The summed E-state index contributed by atoms with van der Waals surface area (Å²) in [6, 6.07) is 0.698. The molecule has 1 aliphatic heterocycles. The first-order valence-corrected chi connectivity index (χ1v) is 6.86. The van der Waals surface area contributed by atoms with Crippen LogP contribution in [-0.4, -0.2) is 37.6 Å². The third-order valence-corrected chi connectivity index (χ3v) is 5.11. The van der Waals surface area contributed by atoms with Gasteiger partial charge in [0.05, 0.1) is 0 Å². The van der Waals surface area contributed by atoms with Gasteiger partial charge < -0.3 is 10.2 Å². The first-order valence-electron chi connectivity index (χ1n) is 6.86. The lowest BCUT2D eigenvalue weighted by atomic mass is 9.80. The fraction of sp³-hybridized carbons (Fsp3) is 1.00. The maximum Gasteiger partial charge on any atom is 0.00927 e. The Bertz CT molecular complexity index is 237. The summed E-state index contributed by atoms with van der Waals surface area (Å²) in [4.78, 5) is 2.45. The normalized spacial score (nSPS) is 30.0. The molecule has 2 heteroatoms. The third kappa shape index (κ3) is 2.78. The highest BCUT2D eigenvalue weighted by molar-refractivity contribution is 4.97. The minimum absolute atomic E-state index is 0.534. The molecule has 2 fully saturated rings. The topological polar surface area (TPSA) is 15.3 Å². The van der Waals surface area contributed by atoms with E-state index in [1.807, 2.05) is 0 Å². The molecule has 1 N–H and O–H groups in total. The Hall–Kier alpha value is -0.0800. The van der Waals surface area contributed by atoms with Crippen LogP contribution in [0.1, 0.15) is 46.5 Å². The lowest BCUT2D eigenvalue weighted by Crippen LogP contribution is -2.45. The Morgan fingerprint density at radius 1 is 1.12 bits per heavy atom. The van der Waals surface area contributed by atoms with E-state index in [2.05, 4.69) is 38.0 Å². The summed E-state index contributed by atoms with van der Waals surface area (Å²) in [6.45, 7) is 11.0. The van der Waals surface area contributed by atoms with E-state index in [9.17, 15) is 0 Å². The van der Waals surface area contributed by atoms with Gasteiger partial charge >= 0.3 is 0 Å². The largest absolute Gasteiger partial charge is 0.313 e. The summed E-state index contributed by atoms with van der Waals surface area (Å²) in [6.07, 6.45) is 5.53. The summed E-state index contributed by atoms with van der Waals surface area (Å²) >= 11 is 0. The Morgan fingerprint density at radius 2 is 1.69 bits per heavy atom. The highest BCUT2D eigenvalue weighted by Crippen LogP contribution is 2.48. The second-order valence-corrected chi connectivity index (χ2v) is 6.87. The van der Waals surface area contributed by atoms with Gasteiger partial charge in [0.25, 0.3) is 0 Å². The van der Waals surface area contributed by atoms with Crippen LogP contribution >= 0.6 is 0 Å². The van der Waals surface area contributed by atoms with Gasteiger partial charge in [-0.25, -0.2) is 0 Å². The zero-order valence-electron chi connectivity index (χ0n) is 11.5. The SMILES string of the molecule is CC(NCC1(C)CCN(C)CC1)C1(C)CC1. The molecule has 1 saturated carbocycles. The number of piperidine rings is 1. The lowest BCUT2D eigenvalue weighted by molar-refractivity contribution is 0.130.